The summed E-state index contributed by atoms with van der Waals surface area (Å²) in [4.78, 5) is 20.8. The van der Waals surface area contributed by atoms with Crippen molar-refractivity contribution in [3.8, 4) is 5.75 Å². The van der Waals surface area contributed by atoms with Gasteiger partial charge in [0.2, 0.25) is 5.91 Å². The Hall–Kier alpha value is -4.36. The van der Waals surface area contributed by atoms with Gasteiger partial charge in [-0.25, -0.2) is 4.98 Å². The molecule has 0 spiro atoms. The van der Waals surface area contributed by atoms with E-state index in [0.29, 0.717) is 19.6 Å². The van der Waals surface area contributed by atoms with Crippen molar-refractivity contribution >= 4 is 39.2 Å². The van der Waals surface area contributed by atoms with Crippen LogP contribution in [0.4, 0.5) is 11.5 Å². The summed E-state index contributed by atoms with van der Waals surface area (Å²) in [6, 6.07) is 24.8. The Bertz CT molecular complexity index is 1690. The van der Waals surface area contributed by atoms with Gasteiger partial charge in [0.25, 0.3) is 0 Å². The number of amides is 1. The Kier molecular flexibility index (Phi) is 5.93. The molecular weight excluding hydrogens is 488 g/mol. The molecule has 1 unspecified atom stereocenters. The van der Waals surface area contributed by atoms with Gasteiger partial charge in [0.15, 0.2) is 0 Å². The Labute approximate surface area is 227 Å². The van der Waals surface area contributed by atoms with E-state index in [0.717, 1.165) is 69.8 Å². The maximum Gasteiger partial charge on any atom is 0.225 e. The molecule has 2 aliphatic rings. The molecule has 1 saturated heterocycles. The quantitative estimate of drug-likeness (QED) is 0.330. The molecule has 39 heavy (non-hydrogen) atoms. The highest BCUT2D eigenvalue weighted by Crippen LogP contribution is 2.44. The standard InChI is InChI=1S/C32H30N4O3/c1-38-23-10-11-27-22(16-23)17-25(32(34-27)35-12-14-39-15-13-35)24-18-30(37)33-28-8-5-9-29-31(28)26(24)20-36(29)19-21-6-3-2-4-7-21/h2-11,16-17,20,24H,12-15,18-19H2,1H3,(H,33,37). The van der Waals surface area contributed by atoms with Crippen molar-refractivity contribution in [2.45, 2.75) is 18.9 Å². The molecule has 0 bridgehead atoms. The lowest BCUT2D eigenvalue weighted by Gasteiger charge is -2.31. The van der Waals surface area contributed by atoms with Crippen molar-refractivity contribution < 1.29 is 14.3 Å². The summed E-state index contributed by atoms with van der Waals surface area (Å²) in [6.45, 7) is 3.61. The number of aromatic nitrogens is 2. The third-order valence-corrected chi connectivity index (χ3v) is 7.89. The monoisotopic (exact) mass is 518 g/mol. The fourth-order valence-corrected chi connectivity index (χ4v) is 6.01. The number of anilines is 2. The van der Waals surface area contributed by atoms with Crippen LogP contribution in [-0.2, 0) is 16.1 Å². The zero-order chi connectivity index (χ0) is 26.3. The number of morpholine rings is 1. The van der Waals surface area contributed by atoms with Crippen LogP contribution in [0.2, 0.25) is 0 Å². The van der Waals surface area contributed by atoms with E-state index in [1.54, 1.807) is 7.11 Å². The first kappa shape index (κ1) is 23.7. The number of methoxy groups -OCH3 is 1. The molecule has 1 fully saturated rings. The van der Waals surface area contributed by atoms with Crippen molar-refractivity contribution in [3.63, 3.8) is 0 Å². The van der Waals surface area contributed by atoms with E-state index >= 15 is 0 Å². The van der Waals surface area contributed by atoms with E-state index in [2.05, 4.69) is 57.4 Å². The number of hydrogen-bond acceptors (Lipinski definition) is 5. The maximum absolute atomic E-state index is 13.3. The topological polar surface area (TPSA) is 68.6 Å². The largest absolute Gasteiger partial charge is 0.497 e. The zero-order valence-corrected chi connectivity index (χ0v) is 21.9. The lowest BCUT2D eigenvalue weighted by molar-refractivity contribution is -0.116. The number of ether oxygens (including phenoxy) is 2. The molecule has 0 radical (unpaired) electrons. The van der Waals surface area contributed by atoms with Gasteiger partial charge < -0.3 is 24.3 Å². The highest BCUT2D eigenvalue weighted by atomic mass is 16.5. The summed E-state index contributed by atoms with van der Waals surface area (Å²) < 4.78 is 13.5. The van der Waals surface area contributed by atoms with Gasteiger partial charge in [-0.1, -0.05) is 36.4 Å². The average molecular weight is 519 g/mol. The summed E-state index contributed by atoms with van der Waals surface area (Å²) in [5, 5.41) is 5.29. The maximum atomic E-state index is 13.3. The van der Waals surface area contributed by atoms with Crippen LogP contribution >= 0.6 is 0 Å². The fraction of sp³-hybridized carbons (Fsp3) is 0.250. The van der Waals surface area contributed by atoms with Crippen LogP contribution in [0.3, 0.4) is 0 Å². The minimum absolute atomic E-state index is 0.0111. The summed E-state index contributed by atoms with van der Waals surface area (Å²) in [7, 11) is 1.68. The van der Waals surface area contributed by atoms with E-state index < -0.39 is 0 Å². The highest BCUT2D eigenvalue weighted by Gasteiger charge is 2.31. The van der Waals surface area contributed by atoms with Crippen LogP contribution in [0.1, 0.15) is 29.0 Å². The lowest BCUT2D eigenvalue weighted by atomic mass is 9.87. The van der Waals surface area contributed by atoms with Gasteiger partial charge in [0.05, 0.1) is 37.0 Å². The molecular formula is C32H30N4O3. The van der Waals surface area contributed by atoms with Gasteiger partial charge in [-0.05, 0) is 47.5 Å². The summed E-state index contributed by atoms with van der Waals surface area (Å²) in [6.07, 6.45) is 2.58. The smallest absolute Gasteiger partial charge is 0.225 e. The van der Waals surface area contributed by atoms with Gasteiger partial charge in [-0.3, -0.25) is 4.79 Å². The Balaban J connectivity index is 1.45. The van der Waals surface area contributed by atoms with Gasteiger partial charge in [0, 0.05) is 54.5 Å². The molecule has 0 saturated carbocycles. The number of nitrogens with zero attached hydrogens (tertiary/aromatic N) is 3. The Morgan fingerprint density at radius 2 is 1.85 bits per heavy atom. The number of rotatable bonds is 5. The second-order valence-corrected chi connectivity index (χ2v) is 10.3. The average Bonchev–Trinajstić information content (AvgIpc) is 3.27. The van der Waals surface area contributed by atoms with Gasteiger partial charge >= 0.3 is 0 Å². The first-order chi connectivity index (χ1) is 19.2. The molecule has 1 N–H and O–H groups in total. The summed E-state index contributed by atoms with van der Waals surface area (Å²) in [5.41, 5.74) is 6.33. The van der Waals surface area contributed by atoms with Crippen LogP contribution in [-0.4, -0.2) is 48.9 Å². The van der Waals surface area contributed by atoms with Gasteiger partial charge in [-0.2, -0.15) is 0 Å². The summed E-state index contributed by atoms with van der Waals surface area (Å²) >= 11 is 0. The minimum atomic E-state index is -0.158. The van der Waals surface area contributed by atoms with E-state index in [4.69, 9.17) is 14.5 Å². The molecule has 4 heterocycles. The predicted octanol–water partition coefficient (Wildman–Crippen LogP) is 5.56. The van der Waals surface area contributed by atoms with Crippen molar-refractivity contribution in [2.75, 3.05) is 43.6 Å². The Morgan fingerprint density at radius 1 is 1.00 bits per heavy atom. The number of pyridine rings is 1. The third-order valence-electron chi connectivity index (χ3n) is 7.89. The Morgan fingerprint density at radius 3 is 2.67 bits per heavy atom. The predicted molar refractivity (Wildman–Crippen MR) is 154 cm³/mol. The number of benzene rings is 3. The minimum Gasteiger partial charge on any atom is -0.497 e. The molecule has 7 nitrogen and oxygen atoms in total. The zero-order valence-electron chi connectivity index (χ0n) is 21.9. The van der Waals surface area contributed by atoms with Crippen molar-refractivity contribution in [1.29, 1.82) is 0 Å². The van der Waals surface area contributed by atoms with Crippen molar-refractivity contribution in [2.24, 2.45) is 0 Å². The molecule has 2 aromatic heterocycles. The molecule has 5 aromatic rings. The lowest BCUT2D eigenvalue weighted by Crippen LogP contribution is -2.37. The van der Waals surface area contributed by atoms with Crippen LogP contribution < -0.4 is 15.0 Å². The van der Waals surface area contributed by atoms with E-state index in [-0.39, 0.29) is 11.8 Å². The molecule has 1 amide bonds. The van der Waals surface area contributed by atoms with Crippen LogP contribution in [0, 0.1) is 0 Å². The molecule has 1 atom stereocenters. The summed E-state index contributed by atoms with van der Waals surface area (Å²) in [5.74, 6) is 1.57. The van der Waals surface area contributed by atoms with Crippen LogP contribution in [0.5, 0.6) is 5.75 Å². The normalized spacial score (nSPS) is 17.3. The molecule has 7 rings (SSSR count). The number of nitrogens with one attached hydrogen (secondary N) is 1. The molecule has 3 aromatic carbocycles. The number of fused-ring (bicyclic) bond motifs is 1. The first-order valence-electron chi connectivity index (χ1n) is 13.4. The van der Waals surface area contributed by atoms with E-state index in [1.165, 1.54) is 5.56 Å². The first-order valence-corrected chi connectivity index (χ1v) is 13.4. The van der Waals surface area contributed by atoms with Crippen LogP contribution in [0.15, 0.2) is 79.0 Å². The molecule has 196 valence electrons. The second kappa shape index (κ2) is 9.75. The van der Waals surface area contributed by atoms with Gasteiger partial charge in [-0.15, -0.1) is 0 Å². The molecule has 2 aliphatic heterocycles. The third kappa shape index (κ3) is 4.29. The van der Waals surface area contributed by atoms with E-state index in [9.17, 15) is 4.79 Å². The second-order valence-electron chi connectivity index (χ2n) is 10.3. The molecule has 0 aliphatic carbocycles. The van der Waals surface area contributed by atoms with Crippen molar-refractivity contribution in [3.05, 3.63) is 95.7 Å². The van der Waals surface area contributed by atoms with Gasteiger partial charge in [0.1, 0.15) is 11.6 Å². The number of hydrogen-bond donors (Lipinski definition) is 1. The number of carbonyl (C=O) groups excluding carboxylic acids is 1. The fourth-order valence-electron chi connectivity index (χ4n) is 6.01. The van der Waals surface area contributed by atoms with Crippen LogP contribution in [0.25, 0.3) is 21.8 Å². The van der Waals surface area contributed by atoms with Crippen molar-refractivity contribution in [1.82, 2.24) is 9.55 Å². The SMILES string of the molecule is COc1ccc2nc(N3CCOCC3)c(C3CC(=O)Nc4cccc5c4c3cn5Cc3ccccc3)cc2c1. The van der Waals surface area contributed by atoms with E-state index in [1.807, 2.05) is 36.4 Å². The molecule has 7 heteroatoms. The highest BCUT2D eigenvalue weighted by molar-refractivity contribution is 6.06. The number of carbonyl (C=O) groups is 1.